The summed E-state index contributed by atoms with van der Waals surface area (Å²) in [6, 6.07) is 11.0. The van der Waals surface area contributed by atoms with E-state index in [1.54, 1.807) is 12.1 Å². The van der Waals surface area contributed by atoms with Crippen molar-refractivity contribution in [1.29, 1.82) is 0 Å². The second-order valence-electron chi connectivity index (χ2n) is 6.46. The van der Waals surface area contributed by atoms with E-state index in [2.05, 4.69) is 10.3 Å². The molecule has 6 heteroatoms. The van der Waals surface area contributed by atoms with Crippen molar-refractivity contribution in [2.75, 3.05) is 6.54 Å². The number of aromatic nitrogens is 1. The Balaban J connectivity index is 2.05. The molecule has 0 radical (unpaired) electrons. The first-order valence-electron chi connectivity index (χ1n) is 8.55. The predicted octanol–water partition coefficient (Wildman–Crippen LogP) is 2.85. The topological polar surface area (TPSA) is 88.5 Å². The molecule has 1 heterocycles. The molecule has 6 nitrogen and oxygen atoms in total. The number of pyridine rings is 1. The van der Waals surface area contributed by atoms with Gasteiger partial charge < -0.3 is 15.2 Å². The first-order chi connectivity index (χ1) is 12.4. The Morgan fingerprint density at radius 3 is 2.65 bits per heavy atom. The standard InChI is InChI=1S/C20H24N2O4/c1-13(2)26-17-8-5-9-21-18(17)19(23)22-12-16(20(24)25)11-15-7-4-6-14(3)10-15/h4-10,13,16H,11-12H2,1-3H3,(H,22,23)(H,24,25). The number of benzene rings is 1. The fourth-order valence-corrected chi connectivity index (χ4v) is 2.58. The Bertz CT molecular complexity index is 774. The summed E-state index contributed by atoms with van der Waals surface area (Å²) in [5.41, 5.74) is 2.15. The monoisotopic (exact) mass is 356 g/mol. The zero-order valence-corrected chi connectivity index (χ0v) is 15.2. The summed E-state index contributed by atoms with van der Waals surface area (Å²) >= 11 is 0. The number of aryl methyl sites for hydroxylation is 1. The number of aliphatic carboxylic acids is 1. The third-order valence-electron chi connectivity index (χ3n) is 3.77. The fourth-order valence-electron chi connectivity index (χ4n) is 2.58. The summed E-state index contributed by atoms with van der Waals surface area (Å²) in [4.78, 5) is 28.1. The molecular weight excluding hydrogens is 332 g/mol. The highest BCUT2D eigenvalue weighted by molar-refractivity contribution is 5.95. The first kappa shape index (κ1) is 19.4. The number of nitrogens with zero attached hydrogens (tertiary/aromatic N) is 1. The average Bonchev–Trinajstić information content (AvgIpc) is 2.58. The lowest BCUT2D eigenvalue weighted by atomic mass is 9.98. The van der Waals surface area contributed by atoms with Gasteiger partial charge in [-0.2, -0.15) is 0 Å². The summed E-state index contributed by atoms with van der Waals surface area (Å²) in [6.07, 6.45) is 1.75. The molecule has 26 heavy (non-hydrogen) atoms. The van der Waals surface area contributed by atoms with Crippen molar-refractivity contribution in [2.45, 2.75) is 33.3 Å². The molecule has 1 aromatic carbocycles. The van der Waals surface area contributed by atoms with Crippen LogP contribution >= 0.6 is 0 Å². The maximum atomic E-state index is 12.4. The van der Waals surface area contributed by atoms with Gasteiger partial charge >= 0.3 is 5.97 Å². The molecule has 1 unspecified atom stereocenters. The normalized spacial score (nSPS) is 11.8. The Hall–Kier alpha value is -2.89. The molecule has 0 aliphatic heterocycles. The van der Waals surface area contributed by atoms with Gasteiger partial charge in [0.05, 0.1) is 12.0 Å². The molecule has 0 spiro atoms. The van der Waals surface area contributed by atoms with E-state index in [1.165, 1.54) is 6.20 Å². The van der Waals surface area contributed by atoms with Crippen LogP contribution in [0.25, 0.3) is 0 Å². The number of ether oxygens (including phenoxy) is 1. The number of amides is 1. The van der Waals surface area contributed by atoms with E-state index in [0.29, 0.717) is 12.2 Å². The van der Waals surface area contributed by atoms with E-state index < -0.39 is 17.8 Å². The van der Waals surface area contributed by atoms with Gasteiger partial charge in [-0.3, -0.25) is 9.59 Å². The number of carbonyl (C=O) groups excluding carboxylic acids is 1. The Kier molecular flexibility index (Phi) is 6.72. The highest BCUT2D eigenvalue weighted by atomic mass is 16.5. The number of carboxylic acid groups (broad SMARTS) is 1. The zero-order valence-electron chi connectivity index (χ0n) is 15.2. The van der Waals surface area contributed by atoms with Gasteiger partial charge in [-0.05, 0) is 44.9 Å². The minimum Gasteiger partial charge on any atom is -0.489 e. The number of nitrogens with one attached hydrogen (secondary N) is 1. The number of rotatable bonds is 8. The number of carbonyl (C=O) groups is 2. The van der Waals surface area contributed by atoms with Crippen LogP contribution in [0.3, 0.4) is 0 Å². The van der Waals surface area contributed by atoms with E-state index >= 15 is 0 Å². The summed E-state index contributed by atoms with van der Waals surface area (Å²) in [5.74, 6) is -1.74. The molecule has 0 saturated heterocycles. The van der Waals surface area contributed by atoms with E-state index in [-0.39, 0.29) is 18.3 Å². The minimum atomic E-state index is -0.952. The van der Waals surface area contributed by atoms with Crippen molar-refractivity contribution in [1.82, 2.24) is 10.3 Å². The van der Waals surface area contributed by atoms with Gasteiger partial charge in [-0.1, -0.05) is 29.8 Å². The smallest absolute Gasteiger partial charge is 0.308 e. The molecule has 2 rings (SSSR count). The highest BCUT2D eigenvalue weighted by Gasteiger charge is 2.21. The molecule has 0 saturated carbocycles. The Morgan fingerprint density at radius 2 is 2.00 bits per heavy atom. The van der Waals surface area contributed by atoms with Crippen LogP contribution in [0.1, 0.15) is 35.5 Å². The van der Waals surface area contributed by atoms with Gasteiger partial charge in [-0.15, -0.1) is 0 Å². The van der Waals surface area contributed by atoms with E-state index in [9.17, 15) is 14.7 Å². The van der Waals surface area contributed by atoms with E-state index in [1.807, 2.05) is 45.0 Å². The molecule has 0 aliphatic carbocycles. The quantitative estimate of drug-likeness (QED) is 0.759. The fraction of sp³-hybridized carbons (Fsp3) is 0.350. The van der Waals surface area contributed by atoms with Crippen molar-refractivity contribution < 1.29 is 19.4 Å². The molecule has 2 aromatic rings. The van der Waals surface area contributed by atoms with Gasteiger partial charge in [0, 0.05) is 12.7 Å². The van der Waals surface area contributed by atoms with Crippen LogP contribution in [0.4, 0.5) is 0 Å². The van der Waals surface area contributed by atoms with Crippen molar-refractivity contribution in [3.63, 3.8) is 0 Å². The Morgan fingerprint density at radius 1 is 1.23 bits per heavy atom. The highest BCUT2D eigenvalue weighted by Crippen LogP contribution is 2.17. The van der Waals surface area contributed by atoms with Crippen molar-refractivity contribution in [3.8, 4) is 5.75 Å². The average molecular weight is 356 g/mol. The van der Waals surface area contributed by atoms with Gasteiger partial charge in [0.15, 0.2) is 11.4 Å². The molecule has 0 fully saturated rings. The number of carboxylic acids is 1. The van der Waals surface area contributed by atoms with Crippen LogP contribution in [-0.2, 0) is 11.2 Å². The Labute approximate surface area is 153 Å². The summed E-state index contributed by atoms with van der Waals surface area (Å²) in [6.45, 7) is 5.69. The van der Waals surface area contributed by atoms with Gasteiger partial charge in [0.1, 0.15) is 0 Å². The summed E-state index contributed by atoms with van der Waals surface area (Å²) in [7, 11) is 0. The molecule has 0 aliphatic rings. The summed E-state index contributed by atoms with van der Waals surface area (Å²) < 4.78 is 5.59. The molecule has 1 aromatic heterocycles. The van der Waals surface area contributed by atoms with Gasteiger partial charge in [0.25, 0.3) is 5.91 Å². The second kappa shape index (κ2) is 8.99. The van der Waals surface area contributed by atoms with Crippen molar-refractivity contribution in [3.05, 3.63) is 59.4 Å². The van der Waals surface area contributed by atoms with Crippen LogP contribution in [0.15, 0.2) is 42.6 Å². The van der Waals surface area contributed by atoms with E-state index in [0.717, 1.165) is 11.1 Å². The third-order valence-corrected chi connectivity index (χ3v) is 3.77. The molecule has 1 atom stereocenters. The van der Waals surface area contributed by atoms with Crippen LogP contribution in [-0.4, -0.2) is 34.6 Å². The molecule has 138 valence electrons. The molecule has 2 N–H and O–H groups in total. The van der Waals surface area contributed by atoms with Crippen molar-refractivity contribution >= 4 is 11.9 Å². The molecule has 0 bridgehead atoms. The second-order valence-corrected chi connectivity index (χ2v) is 6.46. The summed E-state index contributed by atoms with van der Waals surface area (Å²) in [5, 5.41) is 12.1. The van der Waals surface area contributed by atoms with E-state index in [4.69, 9.17) is 4.74 Å². The van der Waals surface area contributed by atoms with Crippen LogP contribution in [0, 0.1) is 12.8 Å². The lowest BCUT2D eigenvalue weighted by Crippen LogP contribution is -2.34. The lowest BCUT2D eigenvalue weighted by Gasteiger charge is -2.16. The van der Waals surface area contributed by atoms with Gasteiger partial charge in [0.2, 0.25) is 0 Å². The molecule has 1 amide bonds. The number of hydrogen-bond donors (Lipinski definition) is 2. The third kappa shape index (κ3) is 5.58. The van der Waals surface area contributed by atoms with Crippen LogP contribution in [0.2, 0.25) is 0 Å². The lowest BCUT2D eigenvalue weighted by molar-refractivity contribution is -0.141. The van der Waals surface area contributed by atoms with Crippen LogP contribution in [0.5, 0.6) is 5.75 Å². The SMILES string of the molecule is Cc1cccc(CC(CNC(=O)c2ncccc2OC(C)C)C(=O)O)c1. The first-order valence-corrected chi connectivity index (χ1v) is 8.55. The largest absolute Gasteiger partial charge is 0.489 e. The molecular formula is C20H24N2O4. The predicted molar refractivity (Wildman–Crippen MR) is 98.3 cm³/mol. The van der Waals surface area contributed by atoms with Crippen LogP contribution < -0.4 is 10.1 Å². The maximum absolute atomic E-state index is 12.4. The zero-order chi connectivity index (χ0) is 19.1. The van der Waals surface area contributed by atoms with Gasteiger partial charge in [-0.25, -0.2) is 4.98 Å². The maximum Gasteiger partial charge on any atom is 0.308 e. The van der Waals surface area contributed by atoms with Crippen molar-refractivity contribution in [2.24, 2.45) is 5.92 Å². The number of hydrogen-bond acceptors (Lipinski definition) is 4. The minimum absolute atomic E-state index is 0.0137.